The summed E-state index contributed by atoms with van der Waals surface area (Å²) in [5.74, 6) is 2.06. The van der Waals surface area contributed by atoms with Crippen LogP contribution in [0.2, 0.25) is 0 Å². The molecule has 0 aliphatic heterocycles. The van der Waals surface area contributed by atoms with E-state index in [2.05, 4.69) is 14.5 Å². The Morgan fingerprint density at radius 3 is 1.71 bits per heavy atom. The fraction of sp³-hybridized carbons (Fsp3) is 0.727. The van der Waals surface area contributed by atoms with E-state index in [-0.39, 0.29) is 16.6 Å². The average Bonchev–Trinajstić information content (AvgIpc) is 2.27. The molecule has 6 fully saturated rings. The van der Waals surface area contributed by atoms with Crippen molar-refractivity contribution in [3.63, 3.8) is 0 Å². The van der Waals surface area contributed by atoms with Crippen molar-refractivity contribution in [2.24, 2.45) is 29.6 Å². The SMILES string of the molecule is [C-]#[N+]C12C3C4C1C1([N+]#[C-])C2C3C41[N+]#[C-]. The lowest BCUT2D eigenvalue weighted by atomic mass is 8.93. The molecule has 4 unspecified atom stereocenters. The molecule has 0 aromatic rings. The molecule has 14 heavy (non-hydrogen) atoms. The zero-order chi connectivity index (χ0) is 9.51. The van der Waals surface area contributed by atoms with Gasteiger partial charge in [-0.15, -0.1) is 0 Å². The maximum atomic E-state index is 7.29. The van der Waals surface area contributed by atoms with E-state index in [9.17, 15) is 0 Å². The molecule has 6 rings (SSSR count). The summed E-state index contributed by atoms with van der Waals surface area (Å²) in [7, 11) is 0. The van der Waals surface area contributed by atoms with Crippen molar-refractivity contribution in [1.82, 2.24) is 0 Å². The Labute approximate surface area is 81.2 Å². The molecule has 0 radical (unpaired) electrons. The lowest BCUT2D eigenvalue weighted by molar-refractivity contribution is -0.551. The van der Waals surface area contributed by atoms with Gasteiger partial charge in [0.2, 0.25) is 0 Å². The molecule has 0 aromatic heterocycles. The first kappa shape index (κ1) is 6.05. The molecule has 6 saturated carbocycles. The zero-order valence-electron chi connectivity index (χ0n) is 7.23. The molecule has 0 spiro atoms. The van der Waals surface area contributed by atoms with Crippen molar-refractivity contribution in [3.05, 3.63) is 34.3 Å². The number of rotatable bonds is 0. The van der Waals surface area contributed by atoms with Crippen LogP contribution in [0.25, 0.3) is 14.5 Å². The molecule has 0 amide bonds. The summed E-state index contributed by atoms with van der Waals surface area (Å²) >= 11 is 0. The van der Waals surface area contributed by atoms with Crippen LogP contribution in [-0.2, 0) is 0 Å². The second-order valence-electron chi connectivity index (χ2n) is 5.41. The molecule has 3 nitrogen and oxygen atoms in total. The third kappa shape index (κ3) is 0.169. The number of hydrogen-bond acceptors (Lipinski definition) is 0. The molecule has 64 valence electrons. The number of nitrogens with zero attached hydrogens (tertiary/aromatic N) is 3. The first-order valence-electron chi connectivity index (χ1n) is 4.95. The van der Waals surface area contributed by atoms with Crippen LogP contribution in [0, 0.1) is 49.3 Å². The molecule has 6 aliphatic rings. The Hall–Kier alpha value is -1.53. The Balaban J connectivity index is 1.81. The molecule has 0 bridgehead atoms. The maximum Gasteiger partial charge on any atom is 0.330 e. The van der Waals surface area contributed by atoms with Crippen LogP contribution in [0.15, 0.2) is 0 Å². The first-order chi connectivity index (χ1) is 6.79. The van der Waals surface area contributed by atoms with Crippen LogP contribution in [0.1, 0.15) is 0 Å². The quantitative estimate of drug-likeness (QED) is 0.494. The van der Waals surface area contributed by atoms with Crippen LogP contribution in [0.3, 0.4) is 0 Å². The van der Waals surface area contributed by atoms with Gasteiger partial charge in [0.05, 0.1) is 17.8 Å². The molecule has 0 N–H and O–H groups in total. The average molecular weight is 179 g/mol. The van der Waals surface area contributed by atoms with Gasteiger partial charge in [-0.05, 0) is 0 Å². The highest BCUT2D eigenvalue weighted by atomic mass is 15.4. The molecule has 0 heterocycles. The Morgan fingerprint density at radius 1 is 0.714 bits per heavy atom. The summed E-state index contributed by atoms with van der Waals surface area (Å²) in [6, 6.07) is 0. The summed E-state index contributed by atoms with van der Waals surface area (Å²) < 4.78 is 0. The third-order valence-electron chi connectivity index (χ3n) is 6.19. The van der Waals surface area contributed by atoms with Crippen molar-refractivity contribution in [3.8, 4) is 0 Å². The van der Waals surface area contributed by atoms with Gasteiger partial charge in [0.1, 0.15) is 11.8 Å². The fourth-order valence-electron chi connectivity index (χ4n) is 6.19. The van der Waals surface area contributed by atoms with E-state index in [1.807, 2.05) is 0 Å². The van der Waals surface area contributed by atoms with Crippen LogP contribution >= 0.6 is 0 Å². The van der Waals surface area contributed by atoms with Crippen molar-refractivity contribution in [2.45, 2.75) is 16.6 Å². The van der Waals surface area contributed by atoms with Crippen LogP contribution in [-0.4, -0.2) is 16.6 Å². The summed E-state index contributed by atoms with van der Waals surface area (Å²) in [6.45, 7) is 21.8. The topological polar surface area (TPSA) is 13.1 Å². The molecular formula is C11H5N3. The smallest absolute Gasteiger partial charge is 0.309 e. The summed E-state index contributed by atoms with van der Waals surface area (Å²) in [5.41, 5.74) is -0.753. The van der Waals surface area contributed by atoms with Gasteiger partial charge in [0.25, 0.3) is 5.54 Å². The van der Waals surface area contributed by atoms with Gasteiger partial charge in [0.15, 0.2) is 0 Å². The van der Waals surface area contributed by atoms with Gasteiger partial charge in [-0.3, -0.25) is 4.85 Å². The second-order valence-corrected chi connectivity index (χ2v) is 5.41. The Kier molecular flexibility index (Phi) is 0.457. The second kappa shape index (κ2) is 1.06. The van der Waals surface area contributed by atoms with E-state index >= 15 is 0 Å². The highest BCUT2D eigenvalue weighted by Crippen LogP contribution is 3.07. The van der Waals surface area contributed by atoms with Gasteiger partial charge in [0, 0.05) is 0 Å². The Morgan fingerprint density at radius 2 is 1.29 bits per heavy atom. The maximum absolute atomic E-state index is 7.29. The minimum absolute atomic E-state index is 0.119. The van der Waals surface area contributed by atoms with E-state index in [1.54, 1.807) is 0 Å². The van der Waals surface area contributed by atoms with E-state index in [4.69, 9.17) is 19.7 Å². The lowest BCUT2D eigenvalue weighted by Gasteiger charge is -2.97. The number of hydrogen-bond donors (Lipinski definition) is 0. The van der Waals surface area contributed by atoms with Crippen LogP contribution in [0.5, 0.6) is 0 Å². The minimum Gasteiger partial charge on any atom is -0.309 e. The van der Waals surface area contributed by atoms with Gasteiger partial charge in [-0.25, -0.2) is 19.7 Å². The monoisotopic (exact) mass is 179 g/mol. The molecule has 6 aliphatic carbocycles. The van der Waals surface area contributed by atoms with Gasteiger partial charge in [-0.2, -0.15) is 0 Å². The van der Waals surface area contributed by atoms with Gasteiger partial charge < -0.3 is 9.69 Å². The summed E-state index contributed by atoms with van der Waals surface area (Å²) in [6.07, 6.45) is 0. The van der Waals surface area contributed by atoms with E-state index in [0.29, 0.717) is 29.6 Å². The van der Waals surface area contributed by atoms with Crippen molar-refractivity contribution in [1.29, 1.82) is 0 Å². The van der Waals surface area contributed by atoms with Crippen LogP contribution < -0.4 is 0 Å². The van der Waals surface area contributed by atoms with Crippen molar-refractivity contribution >= 4 is 0 Å². The molecule has 3 heteroatoms. The van der Waals surface area contributed by atoms with Gasteiger partial charge >= 0.3 is 11.1 Å². The zero-order valence-corrected chi connectivity index (χ0v) is 7.23. The minimum atomic E-state index is -0.358. The summed E-state index contributed by atoms with van der Waals surface area (Å²) in [5, 5.41) is 0. The van der Waals surface area contributed by atoms with E-state index in [1.165, 1.54) is 0 Å². The van der Waals surface area contributed by atoms with Gasteiger partial charge in [-0.1, -0.05) is 0 Å². The third-order valence-corrected chi connectivity index (χ3v) is 6.19. The predicted octanol–water partition coefficient (Wildman–Crippen LogP) is 1.11. The first-order valence-corrected chi connectivity index (χ1v) is 4.95. The van der Waals surface area contributed by atoms with E-state index < -0.39 is 0 Å². The standard InChI is InChI=1S/C11H5N3/c1-12-9-4-5-7(9)11(14-3)8(9)6(4)10(5,11)13-2/h4-8H. The lowest BCUT2D eigenvalue weighted by Crippen LogP contribution is -3.20. The summed E-state index contributed by atoms with van der Waals surface area (Å²) in [4.78, 5) is 11.3. The van der Waals surface area contributed by atoms with Crippen LogP contribution in [0.4, 0.5) is 0 Å². The fourth-order valence-corrected chi connectivity index (χ4v) is 6.19. The molecule has 4 atom stereocenters. The van der Waals surface area contributed by atoms with Crippen molar-refractivity contribution < 1.29 is 0 Å². The highest BCUT2D eigenvalue weighted by molar-refractivity contribution is 5.76. The predicted molar refractivity (Wildman–Crippen MR) is 45.4 cm³/mol. The molecule has 0 saturated heterocycles. The highest BCUT2D eigenvalue weighted by Gasteiger charge is 3.31. The molecule has 0 aromatic carbocycles. The Bertz CT molecular complexity index is 535. The normalized spacial score (nSPS) is 80.8. The molecular weight excluding hydrogens is 174 g/mol. The van der Waals surface area contributed by atoms with E-state index in [0.717, 1.165) is 0 Å². The largest absolute Gasteiger partial charge is 0.330 e. The van der Waals surface area contributed by atoms with Crippen molar-refractivity contribution in [2.75, 3.05) is 0 Å².